The van der Waals surface area contributed by atoms with Crippen molar-refractivity contribution in [1.82, 2.24) is 9.97 Å². The van der Waals surface area contributed by atoms with Crippen molar-refractivity contribution in [1.29, 1.82) is 0 Å². The lowest BCUT2D eigenvalue weighted by Gasteiger charge is -2.07. The van der Waals surface area contributed by atoms with E-state index in [1.54, 1.807) is 6.07 Å². The van der Waals surface area contributed by atoms with Gasteiger partial charge in [0.2, 0.25) is 5.88 Å². The number of rotatable bonds is 6. The van der Waals surface area contributed by atoms with Crippen molar-refractivity contribution in [3.63, 3.8) is 0 Å². The molecule has 0 amide bonds. The Balaban J connectivity index is 2.11. The number of unbranched alkanes of at least 4 members (excludes halogenated alkanes) is 2. The molecule has 0 N–H and O–H groups in total. The normalized spacial score (nSPS) is 10.4. The van der Waals surface area contributed by atoms with Crippen molar-refractivity contribution >= 4 is 11.6 Å². The van der Waals surface area contributed by atoms with Crippen LogP contribution in [0.5, 0.6) is 5.88 Å². The Kier molecular flexibility index (Phi) is 5.16. The lowest BCUT2D eigenvalue weighted by Crippen LogP contribution is -2.01. The van der Waals surface area contributed by atoms with Crippen molar-refractivity contribution in [2.75, 3.05) is 6.61 Å². The van der Waals surface area contributed by atoms with Gasteiger partial charge in [-0.1, -0.05) is 61.7 Å². The molecule has 0 atom stereocenters. The summed E-state index contributed by atoms with van der Waals surface area (Å²) in [7, 11) is 0. The maximum atomic E-state index is 6.01. The molecule has 100 valence electrons. The van der Waals surface area contributed by atoms with E-state index in [1.165, 1.54) is 6.42 Å². The first-order valence-corrected chi connectivity index (χ1v) is 6.90. The number of nitrogens with zero attached hydrogens (tertiary/aromatic N) is 2. The smallest absolute Gasteiger partial charge is 0.218 e. The van der Waals surface area contributed by atoms with Gasteiger partial charge in [0.05, 0.1) is 6.61 Å². The molecule has 0 radical (unpaired) electrons. The molecule has 1 heterocycles. The van der Waals surface area contributed by atoms with Gasteiger partial charge in [0.25, 0.3) is 0 Å². The van der Waals surface area contributed by atoms with Crippen molar-refractivity contribution < 1.29 is 4.74 Å². The van der Waals surface area contributed by atoms with Gasteiger partial charge < -0.3 is 4.74 Å². The highest BCUT2D eigenvalue weighted by Gasteiger charge is 2.06. The van der Waals surface area contributed by atoms with Crippen LogP contribution in [0.1, 0.15) is 26.2 Å². The first-order chi connectivity index (χ1) is 9.29. The molecular weight excluding hydrogens is 260 g/mol. The van der Waals surface area contributed by atoms with E-state index in [4.69, 9.17) is 16.3 Å². The third kappa shape index (κ3) is 4.21. The predicted octanol–water partition coefficient (Wildman–Crippen LogP) is 4.37. The van der Waals surface area contributed by atoms with E-state index in [-0.39, 0.29) is 0 Å². The van der Waals surface area contributed by atoms with Gasteiger partial charge in [-0.05, 0) is 6.42 Å². The van der Waals surface area contributed by atoms with Crippen LogP contribution in [0.3, 0.4) is 0 Å². The summed E-state index contributed by atoms with van der Waals surface area (Å²) in [6, 6.07) is 11.4. The Morgan fingerprint density at radius 2 is 1.89 bits per heavy atom. The first kappa shape index (κ1) is 13.8. The molecule has 4 heteroatoms. The summed E-state index contributed by atoms with van der Waals surface area (Å²) < 4.78 is 5.62. The topological polar surface area (TPSA) is 35.0 Å². The summed E-state index contributed by atoms with van der Waals surface area (Å²) in [6.45, 7) is 2.82. The zero-order valence-electron chi connectivity index (χ0n) is 11.0. The van der Waals surface area contributed by atoms with Crippen LogP contribution in [-0.2, 0) is 0 Å². The van der Waals surface area contributed by atoms with E-state index < -0.39 is 0 Å². The van der Waals surface area contributed by atoms with E-state index in [0.717, 1.165) is 18.4 Å². The minimum absolute atomic E-state index is 0.402. The van der Waals surface area contributed by atoms with Gasteiger partial charge in [-0.3, -0.25) is 0 Å². The van der Waals surface area contributed by atoms with E-state index in [2.05, 4.69) is 16.9 Å². The molecular formula is C15H17ClN2O. The van der Waals surface area contributed by atoms with E-state index in [0.29, 0.717) is 23.5 Å². The molecule has 0 aliphatic heterocycles. The number of ether oxygens (including phenoxy) is 1. The molecule has 0 aliphatic rings. The SMILES string of the molecule is CCCCCOc1cc(Cl)nc(-c2ccccc2)n1. The highest BCUT2D eigenvalue weighted by Crippen LogP contribution is 2.21. The zero-order chi connectivity index (χ0) is 13.5. The highest BCUT2D eigenvalue weighted by molar-refractivity contribution is 6.29. The minimum atomic E-state index is 0.402. The number of hydrogen-bond donors (Lipinski definition) is 0. The van der Waals surface area contributed by atoms with Gasteiger partial charge in [-0.25, -0.2) is 4.98 Å². The maximum Gasteiger partial charge on any atom is 0.218 e. The van der Waals surface area contributed by atoms with Gasteiger partial charge in [-0.2, -0.15) is 4.98 Å². The summed E-state index contributed by atoms with van der Waals surface area (Å²) in [5.41, 5.74) is 0.934. The number of aromatic nitrogens is 2. The third-order valence-corrected chi connectivity index (χ3v) is 2.89. The molecule has 1 aromatic carbocycles. The average molecular weight is 277 g/mol. The highest BCUT2D eigenvalue weighted by atomic mass is 35.5. The Morgan fingerprint density at radius 1 is 1.11 bits per heavy atom. The molecule has 0 fully saturated rings. The summed E-state index contributed by atoms with van der Waals surface area (Å²) in [5, 5.41) is 0.402. The van der Waals surface area contributed by atoms with Gasteiger partial charge in [-0.15, -0.1) is 0 Å². The third-order valence-electron chi connectivity index (χ3n) is 2.70. The predicted molar refractivity (Wildman–Crippen MR) is 77.5 cm³/mol. The van der Waals surface area contributed by atoms with E-state index in [9.17, 15) is 0 Å². The molecule has 2 aromatic rings. The van der Waals surface area contributed by atoms with Crippen LogP contribution in [0.15, 0.2) is 36.4 Å². The second-order valence-electron chi connectivity index (χ2n) is 4.27. The number of hydrogen-bond acceptors (Lipinski definition) is 3. The minimum Gasteiger partial charge on any atom is -0.478 e. The van der Waals surface area contributed by atoms with Crippen LogP contribution in [0.25, 0.3) is 11.4 Å². The fourth-order valence-electron chi connectivity index (χ4n) is 1.72. The van der Waals surface area contributed by atoms with Crippen molar-refractivity contribution in [3.8, 4) is 17.3 Å². The van der Waals surface area contributed by atoms with Gasteiger partial charge in [0.1, 0.15) is 5.15 Å². The Bertz CT molecular complexity index is 517. The van der Waals surface area contributed by atoms with Crippen LogP contribution in [0.2, 0.25) is 5.15 Å². The van der Waals surface area contributed by atoms with Gasteiger partial charge >= 0.3 is 0 Å². The fourth-order valence-corrected chi connectivity index (χ4v) is 1.89. The Labute approximate surface area is 118 Å². The molecule has 2 rings (SSSR count). The summed E-state index contributed by atoms with van der Waals surface area (Å²) in [4.78, 5) is 8.61. The summed E-state index contributed by atoms with van der Waals surface area (Å²) in [5.74, 6) is 1.13. The molecule has 0 saturated heterocycles. The Hall–Kier alpha value is -1.61. The first-order valence-electron chi connectivity index (χ1n) is 6.52. The molecule has 19 heavy (non-hydrogen) atoms. The molecule has 0 spiro atoms. The largest absolute Gasteiger partial charge is 0.478 e. The second-order valence-corrected chi connectivity index (χ2v) is 4.66. The van der Waals surface area contributed by atoms with E-state index in [1.807, 2.05) is 30.3 Å². The van der Waals surface area contributed by atoms with E-state index >= 15 is 0 Å². The average Bonchev–Trinajstić information content (AvgIpc) is 2.44. The van der Waals surface area contributed by atoms with Crippen LogP contribution >= 0.6 is 11.6 Å². The monoisotopic (exact) mass is 276 g/mol. The van der Waals surface area contributed by atoms with Crippen molar-refractivity contribution in [2.45, 2.75) is 26.2 Å². The Morgan fingerprint density at radius 3 is 2.63 bits per heavy atom. The lowest BCUT2D eigenvalue weighted by atomic mass is 10.2. The maximum absolute atomic E-state index is 6.01. The van der Waals surface area contributed by atoms with Crippen LogP contribution in [0, 0.1) is 0 Å². The second kappa shape index (κ2) is 7.10. The molecule has 3 nitrogen and oxygen atoms in total. The summed E-state index contributed by atoms with van der Waals surface area (Å²) in [6.07, 6.45) is 3.35. The number of halogens is 1. The van der Waals surface area contributed by atoms with Crippen molar-refractivity contribution in [2.24, 2.45) is 0 Å². The number of benzene rings is 1. The van der Waals surface area contributed by atoms with Crippen molar-refractivity contribution in [3.05, 3.63) is 41.6 Å². The molecule has 1 aromatic heterocycles. The molecule has 0 saturated carbocycles. The van der Waals surface area contributed by atoms with Crippen LogP contribution < -0.4 is 4.74 Å². The molecule has 0 aliphatic carbocycles. The molecule has 0 bridgehead atoms. The summed E-state index contributed by atoms with van der Waals surface area (Å²) >= 11 is 6.01. The zero-order valence-corrected chi connectivity index (χ0v) is 11.7. The quantitative estimate of drug-likeness (QED) is 0.581. The van der Waals surface area contributed by atoms with Gasteiger partial charge in [0.15, 0.2) is 5.82 Å². The van der Waals surface area contributed by atoms with Crippen LogP contribution in [-0.4, -0.2) is 16.6 Å². The van der Waals surface area contributed by atoms with Crippen LogP contribution in [0.4, 0.5) is 0 Å². The lowest BCUT2D eigenvalue weighted by molar-refractivity contribution is 0.295. The fraction of sp³-hybridized carbons (Fsp3) is 0.333. The van der Waals surface area contributed by atoms with Gasteiger partial charge in [0, 0.05) is 11.6 Å². The standard InChI is InChI=1S/C15H17ClN2O/c1-2-3-7-10-19-14-11-13(16)17-15(18-14)12-8-5-4-6-9-12/h4-6,8-9,11H,2-3,7,10H2,1H3. The molecule has 0 unspecified atom stereocenters.